The second kappa shape index (κ2) is 6.48. The molecule has 3 aromatic heterocycles. The zero-order valence-electron chi connectivity index (χ0n) is 13.0. The number of pyridine rings is 1. The number of nitrogens with zero attached hydrogens (tertiary/aromatic N) is 5. The maximum Gasteiger partial charge on any atom is 0.180 e. The van der Waals surface area contributed by atoms with E-state index in [4.69, 9.17) is 0 Å². The van der Waals surface area contributed by atoms with E-state index in [9.17, 15) is 4.39 Å². The van der Waals surface area contributed by atoms with Crippen molar-refractivity contribution in [2.75, 3.05) is 5.43 Å². The molecular weight excluding hydrogens is 319 g/mol. The first-order valence-corrected chi connectivity index (χ1v) is 7.60. The number of hydrogen-bond acceptors (Lipinski definition) is 5. The third kappa shape index (κ3) is 3.20. The molecule has 4 rings (SSSR count). The molecule has 0 fully saturated rings. The summed E-state index contributed by atoms with van der Waals surface area (Å²) in [5.74, 6) is 0.567. The topological polar surface area (TPSA) is 68.5 Å². The quantitative estimate of drug-likeness (QED) is 0.620. The molecule has 0 atom stereocenters. The fraction of sp³-hybridized carbons (Fsp3) is 0. The van der Waals surface area contributed by atoms with E-state index in [1.165, 1.54) is 6.07 Å². The lowest BCUT2D eigenvalue weighted by molar-refractivity contribution is 0.630. The Morgan fingerprint density at radius 2 is 1.80 bits per heavy atom. The van der Waals surface area contributed by atoms with Crippen LogP contribution in [-0.4, -0.2) is 24.6 Å². The lowest BCUT2D eigenvalue weighted by Gasteiger charge is -2.11. The van der Waals surface area contributed by atoms with Crippen LogP contribution in [0.25, 0.3) is 22.8 Å². The minimum absolute atomic E-state index is 0.346. The molecule has 6 nitrogen and oxygen atoms in total. The molecule has 0 aliphatic heterocycles. The molecule has 0 amide bonds. The molecule has 0 saturated carbocycles. The molecule has 3 heterocycles. The van der Waals surface area contributed by atoms with Crippen molar-refractivity contribution in [3.8, 4) is 22.8 Å². The zero-order valence-corrected chi connectivity index (χ0v) is 13.0. The summed E-state index contributed by atoms with van der Waals surface area (Å²) in [5.41, 5.74) is 4.55. The first-order chi connectivity index (χ1) is 12.3. The van der Waals surface area contributed by atoms with Gasteiger partial charge in [0.15, 0.2) is 5.82 Å². The van der Waals surface area contributed by atoms with Crippen LogP contribution in [0.3, 0.4) is 0 Å². The van der Waals surface area contributed by atoms with E-state index in [2.05, 4.69) is 25.4 Å². The number of nitrogens with one attached hydrogen (secondary N) is 1. The van der Waals surface area contributed by atoms with E-state index in [1.54, 1.807) is 53.9 Å². The van der Waals surface area contributed by atoms with Gasteiger partial charge in [-0.2, -0.15) is 0 Å². The van der Waals surface area contributed by atoms with Gasteiger partial charge in [0, 0.05) is 30.2 Å². The van der Waals surface area contributed by atoms with Crippen molar-refractivity contribution in [1.29, 1.82) is 0 Å². The van der Waals surface area contributed by atoms with Gasteiger partial charge in [-0.1, -0.05) is 18.2 Å². The van der Waals surface area contributed by atoms with Crippen LogP contribution in [0.4, 0.5) is 10.2 Å². The fourth-order valence-corrected chi connectivity index (χ4v) is 2.38. The van der Waals surface area contributed by atoms with E-state index >= 15 is 0 Å². The van der Waals surface area contributed by atoms with Gasteiger partial charge < -0.3 is 0 Å². The molecule has 0 bridgehead atoms. The molecule has 122 valence electrons. The van der Waals surface area contributed by atoms with Gasteiger partial charge >= 0.3 is 0 Å². The first-order valence-electron chi connectivity index (χ1n) is 7.60. The van der Waals surface area contributed by atoms with Gasteiger partial charge in [-0.05, 0) is 24.3 Å². The van der Waals surface area contributed by atoms with E-state index in [1.807, 2.05) is 18.2 Å². The highest BCUT2D eigenvalue weighted by Gasteiger charge is 2.12. The van der Waals surface area contributed by atoms with Gasteiger partial charge in [-0.25, -0.2) is 24.0 Å². The monoisotopic (exact) mass is 332 g/mol. The van der Waals surface area contributed by atoms with Crippen molar-refractivity contribution in [2.45, 2.75) is 0 Å². The summed E-state index contributed by atoms with van der Waals surface area (Å²) < 4.78 is 15.9. The summed E-state index contributed by atoms with van der Waals surface area (Å²) in [4.78, 5) is 17.2. The van der Waals surface area contributed by atoms with Crippen molar-refractivity contribution < 1.29 is 4.39 Å². The van der Waals surface area contributed by atoms with Gasteiger partial charge in [0.25, 0.3) is 0 Å². The zero-order chi connectivity index (χ0) is 17.1. The largest absolute Gasteiger partial charge is 0.276 e. The van der Waals surface area contributed by atoms with Gasteiger partial charge in [0.1, 0.15) is 23.7 Å². The average Bonchev–Trinajstić information content (AvgIpc) is 3.15. The third-order valence-electron chi connectivity index (χ3n) is 3.52. The molecule has 0 spiro atoms. The molecular formula is C18H13FN6. The van der Waals surface area contributed by atoms with Gasteiger partial charge in [0.05, 0.1) is 5.69 Å². The molecule has 1 N–H and O–H groups in total. The minimum atomic E-state index is -0.346. The highest BCUT2D eigenvalue weighted by Crippen LogP contribution is 2.25. The lowest BCUT2D eigenvalue weighted by atomic mass is 10.1. The molecule has 1 aromatic carbocycles. The summed E-state index contributed by atoms with van der Waals surface area (Å²) in [6.07, 6.45) is 6.65. The number of rotatable bonds is 4. The Hall–Kier alpha value is -3.61. The standard InChI is InChI=1S/C18H13FN6/c19-14-6-2-1-5-13(14)16-11-17(24-25-10-9-20-12-25)23-18(22-16)15-7-3-4-8-21-15/h1-12H,(H,22,23,24). The van der Waals surface area contributed by atoms with Crippen molar-refractivity contribution in [1.82, 2.24) is 24.6 Å². The minimum Gasteiger partial charge on any atom is -0.276 e. The SMILES string of the molecule is Fc1ccccc1-c1cc(Nn2ccnc2)nc(-c2ccccn2)n1. The molecule has 25 heavy (non-hydrogen) atoms. The molecule has 0 aliphatic rings. The van der Waals surface area contributed by atoms with Crippen LogP contribution in [-0.2, 0) is 0 Å². The van der Waals surface area contributed by atoms with Crippen molar-refractivity contribution in [2.24, 2.45) is 0 Å². The predicted molar refractivity (Wildman–Crippen MR) is 91.9 cm³/mol. The second-order valence-electron chi connectivity index (χ2n) is 5.24. The number of halogens is 1. The van der Waals surface area contributed by atoms with Crippen molar-refractivity contribution in [3.63, 3.8) is 0 Å². The highest BCUT2D eigenvalue weighted by molar-refractivity contribution is 5.66. The Bertz CT molecular complexity index is 986. The van der Waals surface area contributed by atoms with Crippen molar-refractivity contribution >= 4 is 5.82 Å². The Balaban J connectivity index is 1.84. The fourth-order valence-electron chi connectivity index (χ4n) is 2.38. The van der Waals surface area contributed by atoms with Crippen LogP contribution in [0, 0.1) is 5.82 Å². The van der Waals surface area contributed by atoms with Gasteiger partial charge in [0.2, 0.25) is 0 Å². The molecule has 7 heteroatoms. The maximum atomic E-state index is 14.2. The predicted octanol–water partition coefficient (Wildman–Crippen LogP) is 3.42. The number of imidazole rings is 1. The van der Waals surface area contributed by atoms with Crippen LogP contribution in [0.15, 0.2) is 73.4 Å². The smallest absolute Gasteiger partial charge is 0.180 e. The Morgan fingerprint density at radius 3 is 2.56 bits per heavy atom. The Labute approximate surface area is 143 Å². The molecule has 0 unspecified atom stereocenters. The van der Waals surface area contributed by atoms with E-state index in [-0.39, 0.29) is 5.82 Å². The average molecular weight is 332 g/mol. The van der Waals surface area contributed by atoms with Crippen LogP contribution in [0.5, 0.6) is 0 Å². The molecule has 0 radical (unpaired) electrons. The number of anilines is 1. The Kier molecular flexibility index (Phi) is 3.88. The summed E-state index contributed by atoms with van der Waals surface area (Å²) in [5, 5.41) is 0. The molecule has 0 saturated heterocycles. The van der Waals surface area contributed by atoms with Crippen LogP contribution in [0.1, 0.15) is 0 Å². The van der Waals surface area contributed by atoms with E-state index in [0.717, 1.165) is 0 Å². The summed E-state index contributed by atoms with van der Waals surface area (Å²) in [6, 6.07) is 13.7. The number of aromatic nitrogens is 5. The summed E-state index contributed by atoms with van der Waals surface area (Å²) >= 11 is 0. The highest BCUT2D eigenvalue weighted by atomic mass is 19.1. The Morgan fingerprint density at radius 1 is 0.920 bits per heavy atom. The van der Waals surface area contributed by atoms with Gasteiger partial charge in [-0.3, -0.25) is 10.4 Å². The van der Waals surface area contributed by atoms with Crippen LogP contribution < -0.4 is 5.43 Å². The normalized spacial score (nSPS) is 10.6. The number of hydrogen-bond donors (Lipinski definition) is 1. The van der Waals surface area contributed by atoms with Gasteiger partial charge in [-0.15, -0.1) is 0 Å². The lowest BCUT2D eigenvalue weighted by Crippen LogP contribution is -2.09. The second-order valence-corrected chi connectivity index (χ2v) is 5.24. The van der Waals surface area contributed by atoms with Crippen LogP contribution in [0.2, 0.25) is 0 Å². The van der Waals surface area contributed by atoms with E-state index < -0.39 is 0 Å². The number of benzene rings is 1. The van der Waals surface area contributed by atoms with E-state index in [0.29, 0.717) is 28.6 Å². The third-order valence-corrected chi connectivity index (χ3v) is 3.52. The maximum absolute atomic E-state index is 14.2. The molecule has 4 aromatic rings. The van der Waals surface area contributed by atoms with Crippen molar-refractivity contribution in [3.05, 3.63) is 79.3 Å². The van der Waals surface area contributed by atoms with Crippen LogP contribution >= 0.6 is 0 Å². The summed E-state index contributed by atoms with van der Waals surface area (Å²) in [6.45, 7) is 0. The first kappa shape index (κ1) is 14.9. The molecule has 0 aliphatic carbocycles. The summed E-state index contributed by atoms with van der Waals surface area (Å²) in [7, 11) is 0.